The Morgan fingerprint density at radius 1 is 1.15 bits per heavy atom. The van der Waals surface area contributed by atoms with E-state index in [1.165, 1.54) is 0 Å². The Kier molecular flexibility index (Phi) is 2.33. The van der Waals surface area contributed by atoms with Gasteiger partial charge in [0.25, 0.3) is 0 Å². The van der Waals surface area contributed by atoms with Crippen molar-refractivity contribution >= 4 is 29.5 Å². The second-order valence-corrected chi connectivity index (χ2v) is 4.37. The molecule has 0 unspecified atom stereocenters. The monoisotopic (exact) mass is 210 g/mol. The molecule has 66 valence electrons. The van der Waals surface area contributed by atoms with Gasteiger partial charge in [0.05, 0.1) is 5.56 Å². The molecule has 1 N–H and O–H groups in total. The summed E-state index contributed by atoms with van der Waals surface area (Å²) in [5.41, 5.74) is 0.349. The molecule has 1 heterocycles. The van der Waals surface area contributed by atoms with Crippen molar-refractivity contribution < 1.29 is 9.90 Å². The standard InChI is InChI=1S/C9H6O2S2/c10-9(11)6-1-2-7-8(5-6)13-4-3-12-7/h1-5H,(H,10,11). The molecular weight excluding hydrogens is 204 g/mol. The van der Waals surface area contributed by atoms with E-state index in [9.17, 15) is 4.79 Å². The summed E-state index contributed by atoms with van der Waals surface area (Å²) in [7, 11) is 0. The van der Waals surface area contributed by atoms with Crippen molar-refractivity contribution in [2.75, 3.05) is 0 Å². The van der Waals surface area contributed by atoms with Gasteiger partial charge in [-0.15, -0.1) is 0 Å². The molecule has 0 fully saturated rings. The van der Waals surface area contributed by atoms with Crippen LogP contribution in [-0.4, -0.2) is 11.1 Å². The van der Waals surface area contributed by atoms with Gasteiger partial charge in [0.2, 0.25) is 0 Å². The third-order valence-corrected chi connectivity index (χ3v) is 3.68. The fraction of sp³-hybridized carbons (Fsp3) is 0. The molecule has 1 aliphatic rings. The zero-order valence-electron chi connectivity index (χ0n) is 6.56. The summed E-state index contributed by atoms with van der Waals surface area (Å²) in [4.78, 5) is 12.8. The lowest BCUT2D eigenvalue weighted by Crippen LogP contribution is -1.96. The molecule has 0 radical (unpaired) electrons. The second-order valence-electron chi connectivity index (χ2n) is 2.47. The Bertz CT molecular complexity index is 385. The summed E-state index contributed by atoms with van der Waals surface area (Å²) in [5.74, 6) is -0.872. The minimum atomic E-state index is -0.872. The lowest BCUT2D eigenvalue weighted by Gasteiger charge is -2.09. The maximum Gasteiger partial charge on any atom is 0.335 e. The summed E-state index contributed by atoms with van der Waals surface area (Å²) in [5, 5.41) is 12.7. The zero-order valence-corrected chi connectivity index (χ0v) is 8.19. The molecule has 4 heteroatoms. The first kappa shape index (κ1) is 8.72. The predicted molar refractivity (Wildman–Crippen MR) is 54.3 cm³/mol. The fourth-order valence-corrected chi connectivity index (χ4v) is 2.76. The highest BCUT2D eigenvalue weighted by Crippen LogP contribution is 2.37. The molecule has 2 rings (SSSR count). The van der Waals surface area contributed by atoms with Gasteiger partial charge in [0.1, 0.15) is 0 Å². The molecule has 13 heavy (non-hydrogen) atoms. The molecule has 1 aliphatic heterocycles. The molecule has 0 bridgehead atoms. The van der Waals surface area contributed by atoms with Crippen LogP contribution in [0.4, 0.5) is 0 Å². The largest absolute Gasteiger partial charge is 0.478 e. The van der Waals surface area contributed by atoms with E-state index in [0.29, 0.717) is 5.56 Å². The van der Waals surface area contributed by atoms with Crippen molar-refractivity contribution in [1.82, 2.24) is 0 Å². The van der Waals surface area contributed by atoms with Gasteiger partial charge in [-0.1, -0.05) is 23.5 Å². The van der Waals surface area contributed by atoms with Crippen LogP contribution in [0, 0.1) is 0 Å². The normalized spacial score (nSPS) is 13.8. The maximum absolute atomic E-state index is 10.7. The van der Waals surface area contributed by atoms with Gasteiger partial charge in [-0.2, -0.15) is 0 Å². The van der Waals surface area contributed by atoms with Crippen molar-refractivity contribution in [3.05, 3.63) is 34.6 Å². The van der Waals surface area contributed by atoms with Crippen LogP contribution < -0.4 is 0 Å². The van der Waals surface area contributed by atoms with Crippen LogP contribution in [0.5, 0.6) is 0 Å². The predicted octanol–water partition coefficient (Wildman–Crippen LogP) is 3.05. The number of rotatable bonds is 1. The number of hydrogen-bond acceptors (Lipinski definition) is 3. The Morgan fingerprint density at radius 3 is 2.54 bits per heavy atom. The first-order valence-corrected chi connectivity index (χ1v) is 5.39. The van der Waals surface area contributed by atoms with Gasteiger partial charge in [0, 0.05) is 9.79 Å². The third-order valence-electron chi connectivity index (χ3n) is 1.64. The van der Waals surface area contributed by atoms with Crippen LogP contribution >= 0.6 is 23.5 Å². The average molecular weight is 210 g/mol. The van der Waals surface area contributed by atoms with Crippen LogP contribution in [0.25, 0.3) is 0 Å². The Morgan fingerprint density at radius 2 is 1.85 bits per heavy atom. The van der Waals surface area contributed by atoms with Crippen molar-refractivity contribution in [2.24, 2.45) is 0 Å². The Labute approximate surface area is 84.0 Å². The zero-order chi connectivity index (χ0) is 9.26. The van der Waals surface area contributed by atoms with E-state index >= 15 is 0 Å². The van der Waals surface area contributed by atoms with Crippen molar-refractivity contribution in [1.29, 1.82) is 0 Å². The molecule has 2 nitrogen and oxygen atoms in total. The highest BCUT2D eigenvalue weighted by Gasteiger charge is 2.09. The van der Waals surface area contributed by atoms with E-state index in [-0.39, 0.29) is 0 Å². The number of thioether (sulfide) groups is 2. The van der Waals surface area contributed by atoms with Gasteiger partial charge < -0.3 is 5.11 Å². The van der Waals surface area contributed by atoms with Crippen LogP contribution in [0.1, 0.15) is 10.4 Å². The number of carboxylic acid groups (broad SMARTS) is 1. The van der Waals surface area contributed by atoms with Gasteiger partial charge in [0.15, 0.2) is 0 Å². The summed E-state index contributed by atoms with van der Waals surface area (Å²) in [6.07, 6.45) is 0. The SMILES string of the molecule is O=C(O)c1ccc2c(c1)SC=CS2. The Hall–Kier alpha value is -0.870. The quantitative estimate of drug-likeness (QED) is 0.773. The van der Waals surface area contributed by atoms with Gasteiger partial charge >= 0.3 is 5.97 Å². The van der Waals surface area contributed by atoms with Crippen LogP contribution in [0.2, 0.25) is 0 Å². The number of carbonyl (C=O) groups is 1. The van der Waals surface area contributed by atoms with Crippen molar-refractivity contribution in [3.63, 3.8) is 0 Å². The van der Waals surface area contributed by atoms with Gasteiger partial charge in [-0.25, -0.2) is 4.79 Å². The lowest BCUT2D eigenvalue weighted by molar-refractivity contribution is 0.0696. The first-order valence-electron chi connectivity index (χ1n) is 3.63. The van der Waals surface area contributed by atoms with Crippen LogP contribution in [0.3, 0.4) is 0 Å². The molecule has 0 spiro atoms. The highest BCUT2D eigenvalue weighted by atomic mass is 32.2. The molecule has 0 saturated heterocycles. The van der Waals surface area contributed by atoms with E-state index in [2.05, 4.69) is 0 Å². The fourth-order valence-electron chi connectivity index (χ4n) is 1.03. The third kappa shape index (κ3) is 1.73. The highest BCUT2D eigenvalue weighted by molar-refractivity contribution is 8.08. The van der Waals surface area contributed by atoms with Crippen LogP contribution in [0.15, 0.2) is 38.8 Å². The molecule has 0 amide bonds. The molecule has 0 aromatic heterocycles. The smallest absolute Gasteiger partial charge is 0.335 e. The van der Waals surface area contributed by atoms with Crippen molar-refractivity contribution in [3.8, 4) is 0 Å². The molecule has 0 atom stereocenters. The summed E-state index contributed by atoms with van der Waals surface area (Å²) >= 11 is 3.17. The molecule has 1 aromatic carbocycles. The van der Waals surface area contributed by atoms with Crippen molar-refractivity contribution in [2.45, 2.75) is 9.79 Å². The second kappa shape index (κ2) is 3.47. The summed E-state index contributed by atoms with van der Waals surface area (Å²) < 4.78 is 0. The number of aromatic carboxylic acids is 1. The average Bonchev–Trinajstić information content (AvgIpc) is 2.17. The van der Waals surface area contributed by atoms with E-state index < -0.39 is 5.97 Å². The molecule has 0 saturated carbocycles. The van der Waals surface area contributed by atoms with Gasteiger partial charge in [-0.3, -0.25) is 0 Å². The Balaban J connectivity index is 2.44. The molecule has 1 aromatic rings. The van der Waals surface area contributed by atoms with Crippen LogP contribution in [-0.2, 0) is 0 Å². The van der Waals surface area contributed by atoms with E-state index in [1.54, 1.807) is 35.7 Å². The number of fused-ring (bicyclic) bond motifs is 1. The minimum absolute atomic E-state index is 0.349. The summed E-state index contributed by atoms with van der Waals surface area (Å²) in [6.45, 7) is 0. The van der Waals surface area contributed by atoms with E-state index in [1.807, 2.05) is 16.9 Å². The van der Waals surface area contributed by atoms with E-state index in [0.717, 1.165) is 9.79 Å². The number of hydrogen-bond donors (Lipinski definition) is 1. The topological polar surface area (TPSA) is 37.3 Å². The van der Waals surface area contributed by atoms with Gasteiger partial charge in [-0.05, 0) is 29.0 Å². The first-order chi connectivity index (χ1) is 6.27. The minimum Gasteiger partial charge on any atom is -0.478 e. The molecule has 0 aliphatic carbocycles. The molecular formula is C9H6O2S2. The maximum atomic E-state index is 10.7. The number of benzene rings is 1. The summed E-state index contributed by atoms with van der Waals surface area (Å²) in [6, 6.07) is 5.19. The van der Waals surface area contributed by atoms with E-state index in [4.69, 9.17) is 5.11 Å². The lowest BCUT2D eigenvalue weighted by atomic mass is 10.2. The number of carboxylic acids is 1.